The van der Waals surface area contributed by atoms with Gasteiger partial charge in [-0.2, -0.15) is 5.10 Å². The summed E-state index contributed by atoms with van der Waals surface area (Å²) in [5.74, 6) is 5.88. The van der Waals surface area contributed by atoms with Crippen molar-refractivity contribution < 1.29 is 4.79 Å². The molecule has 2 aromatic carbocycles. The van der Waals surface area contributed by atoms with Crippen molar-refractivity contribution in [2.24, 2.45) is 7.05 Å². The van der Waals surface area contributed by atoms with Gasteiger partial charge in [0, 0.05) is 36.4 Å². The van der Waals surface area contributed by atoms with Crippen molar-refractivity contribution in [1.29, 1.82) is 0 Å². The fourth-order valence-corrected chi connectivity index (χ4v) is 4.74. The lowest BCUT2D eigenvalue weighted by Gasteiger charge is -2.21. The zero-order chi connectivity index (χ0) is 27.8. The minimum Gasteiger partial charge on any atom is -0.381 e. The number of nitrogens with zero attached hydrogens (tertiary/aromatic N) is 6. The molecule has 0 saturated carbocycles. The largest absolute Gasteiger partial charge is 0.381 e. The van der Waals surface area contributed by atoms with Crippen molar-refractivity contribution in [3.05, 3.63) is 118 Å². The molecule has 40 heavy (non-hydrogen) atoms. The second kappa shape index (κ2) is 9.89. The molecule has 196 valence electrons. The summed E-state index contributed by atoms with van der Waals surface area (Å²) in [4.78, 5) is 31.8. The molecule has 0 aliphatic heterocycles. The van der Waals surface area contributed by atoms with Gasteiger partial charge < -0.3 is 11.1 Å². The van der Waals surface area contributed by atoms with E-state index in [4.69, 9.17) is 5.73 Å². The van der Waals surface area contributed by atoms with Crippen molar-refractivity contribution in [2.75, 3.05) is 5.73 Å². The van der Waals surface area contributed by atoms with Crippen molar-refractivity contribution >= 4 is 28.1 Å². The highest BCUT2D eigenvalue weighted by Crippen LogP contribution is 2.24. The monoisotopic (exact) mass is 528 g/mol. The van der Waals surface area contributed by atoms with Crippen LogP contribution >= 0.6 is 0 Å². The smallest absolute Gasteiger partial charge is 0.264 e. The minimum absolute atomic E-state index is 0.0685. The summed E-state index contributed by atoms with van der Waals surface area (Å²) in [6.07, 6.45) is 4.92. The van der Waals surface area contributed by atoms with E-state index in [9.17, 15) is 9.59 Å². The number of nitrogens with one attached hydrogen (secondary N) is 1. The molecule has 10 heteroatoms. The number of aromatic nitrogens is 6. The molecule has 4 aromatic heterocycles. The highest BCUT2D eigenvalue weighted by Gasteiger charge is 2.24. The Morgan fingerprint density at radius 2 is 1.85 bits per heavy atom. The Morgan fingerprint density at radius 1 is 1.02 bits per heavy atom. The first kappa shape index (κ1) is 24.6. The van der Waals surface area contributed by atoms with Crippen LogP contribution in [0.25, 0.3) is 22.1 Å². The van der Waals surface area contributed by atoms with E-state index in [1.54, 1.807) is 33.9 Å². The lowest BCUT2D eigenvalue weighted by molar-refractivity contribution is 0.0941. The molecule has 0 fully saturated rings. The fourth-order valence-electron chi connectivity index (χ4n) is 4.74. The number of nitrogen functional groups attached to an aromatic ring is 1. The predicted molar refractivity (Wildman–Crippen MR) is 152 cm³/mol. The molecule has 6 rings (SSSR count). The molecule has 1 amide bonds. The summed E-state index contributed by atoms with van der Waals surface area (Å²) in [5, 5.41) is 12.5. The number of anilines is 1. The number of carbonyl (C=O) groups is 1. The molecule has 6 aromatic rings. The Labute approximate surface area is 228 Å². The van der Waals surface area contributed by atoms with E-state index in [1.165, 1.54) is 4.52 Å². The van der Waals surface area contributed by atoms with Crippen molar-refractivity contribution in [2.45, 2.75) is 13.0 Å². The number of carbonyl (C=O) groups excluding carboxylic acids is 1. The Hall–Kier alpha value is -5.69. The van der Waals surface area contributed by atoms with Crippen LogP contribution in [0.3, 0.4) is 0 Å². The fraction of sp³-hybridized carbons (Fsp3) is 0.100. The van der Waals surface area contributed by atoms with E-state index in [1.807, 2.05) is 74.6 Å². The van der Waals surface area contributed by atoms with Gasteiger partial charge in [-0.3, -0.25) is 18.8 Å². The van der Waals surface area contributed by atoms with E-state index in [0.717, 1.165) is 5.69 Å². The molecule has 0 spiro atoms. The van der Waals surface area contributed by atoms with Crippen LogP contribution < -0.4 is 16.6 Å². The molecule has 4 heterocycles. The number of nitrogens with two attached hydrogens (primary N) is 1. The van der Waals surface area contributed by atoms with Crippen LogP contribution in [0.4, 0.5) is 5.82 Å². The summed E-state index contributed by atoms with van der Waals surface area (Å²) >= 11 is 0. The number of aryl methyl sites for hydroxylation is 1. The van der Waals surface area contributed by atoms with Crippen LogP contribution in [-0.2, 0) is 7.05 Å². The Morgan fingerprint density at radius 3 is 2.62 bits per heavy atom. The Kier molecular flexibility index (Phi) is 6.09. The Bertz CT molecular complexity index is 2030. The molecule has 1 unspecified atom stereocenters. The minimum atomic E-state index is -0.577. The number of rotatable bonds is 4. The highest BCUT2D eigenvalue weighted by atomic mass is 16.2. The van der Waals surface area contributed by atoms with E-state index in [2.05, 4.69) is 32.3 Å². The number of para-hydroxylation sites is 1. The van der Waals surface area contributed by atoms with Gasteiger partial charge in [-0.25, -0.2) is 9.50 Å². The number of hydrogen-bond donors (Lipinski definition) is 2. The second-order valence-electron chi connectivity index (χ2n) is 9.25. The molecular weight excluding hydrogens is 504 g/mol. The summed E-state index contributed by atoms with van der Waals surface area (Å²) in [6, 6.07) is 19.7. The molecule has 10 nitrogen and oxygen atoms in total. The first-order chi connectivity index (χ1) is 19.4. The van der Waals surface area contributed by atoms with Crippen LogP contribution in [0.15, 0.2) is 90.1 Å². The van der Waals surface area contributed by atoms with Gasteiger partial charge in [-0.05, 0) is 54.6 Å². The number of benzene rings is 2. The van der Waals surface area contributed by atoms with Gasteiger partial charge in [0.15, 0.2) is 11.5 Å². The predicted octanol–water partition coefficient (Wildman–Crippen LogP) is 3.24. The quantitative estimate of drug-likeness (QED) is 0.339. The SMILES string of the molecule is CC(NC(=O)c1c(N)nn2cccnc12)c1cc2cccc(C#Cc3ccnn3C)c2c(=O)n1-c1ccccc1. The van der Waals surface area contributed by atoms with Crippen LogP contribution in [0.1, 0.15) is 40.3 Å². The number of hydrogen-bond acceptors (Lipinski definition) is 6. The molecule has 0 saturated heterocycles. The first-order valence-corrected chi connectivity index (χ1v) is 12.6. The lowest BCUT2D eigenvalue weighted by atomic mass is 10.0. The van der Waals surface area contributed by atoms with Gasteiger partial charge in [0.25, 0.3) is 11.5 Å². The summed E-state index contributed by atoms with van der Waals surface area (Å²) < 4.78 is 4.74. The maximum atomic E-state index is 14.2. The number of pyridine rings is 1. The molecule has 3 N–H and O–H groups in total. The first-order valence-electron chi connectivity index (χ1n) is 12.6. The second-order valence-corrected chi connectivity index (χ2v) is 9.25. The van der Waals surface area contributed by atoms with E-state index < -0.39 is 11.9 Å². The van der Waals surface area contributed by atoms with Gasteiger partial charge in [-0.15, -0.1) is 5.10 Å². The standard InChI is InChI=1S/C30H24N8O2/c1-19(34-29(39)26-27(31)35-37-17-7-15-32-28(26)37)24-18-21-9-6-8-20(12-13-22-14-16-33-36(22)2)25(21)30(40)38(24)23-10-4-3-5-11-23/h3-11,14-19H,1-2H3,(H2,31,35)(H,34,39). The van der Waals surface area contributed by atoms with Crippen LogP contribution in [0.2, 0.25) is 0 Å². The highest BCUT2D eigenvalue weighted by molar-refractivity contribution is 6.04. The van der Waals surface area contributed by atoms with Crippen LogP contribution in [0.5, 0.6) is 0 Å². The van der Waals surface area contributed by atoms with Crippen LogP contribution in [0, 0.1) is 11.8 Å². The van der Waals surface area contributed by atoms with E-state index >= 15 is 0 Å². The zero-order valence-corrected chi connectivity index (χ0v) is 21.7. The van der Waals surface area contributed by atoms with Gasteiger partial charge in [0.1, 0.15) is 11.3 Å². The van der Waals surface area contributed by atoms with Gasteiger partial charge >= 0.3 is 0 Å². The Balaban J connectivity index is 1.48. The molecule has 0 aliphatic rings. The van der Waals surface area contributed by atoms with Crippen molar-refractivity contribution in [1.82, 2.24) is 34.3 Å². The molecule has 0 aliphatic carbocycles. The average molecular weight is 529 g/mol. The van der Waals surface area contributed by atoms with E-state index in [-0.39, 0.29) is 16.9 Å². The summed E-state index contributed by atoms with van der Waals surface area (Å²) in [6.45, 7) is 1.82. The zero-order valence-electron chi connectivity index (χ0n) is 21.7. The summed E-state index contributed by atoms with van der Waals surface area (Å²) in [5.41, 5.74) is 8.94. The van der Waals surface area contributed by atoms with E-state index in [0.29, 0.717) is 33.4 Å². The van der Waals surface area contributed by atoms with Gasteiger partial charge in [0.2, 0.25) is 0 Å². The third kappa shape index (κ3) is 4.25. The number of fused-ring (bicyclic) bond motifs is 2. The lowest BCUT2D eigenvalue weighted by Crippen LogP contribution is -2.32. The normalized spacial score (nSPS) is 11.8. The molecule has 1 atom stereocenters. The molecular formula is C30H24N8O2. The number of amides is 1. The molecule has 0 bridgehead atoms. The summed E-state index contributed by atoms with van der Waals surface area (Å²) in [7, 11) is 1.81. The van der Waals surface area contributed by atoms with Gasteiger partial charge in [0.05, 0.1) is 17.6 Å². The van der Waals surface area contributed by atoms with Gasteiger partial charge in [-0.1, -0.05) is 36.3 Å². The van der Waals surface area contributed by atoms with Crippen molar-refractivity contribution in [3.63, 3.8) is 0 Å². The maximum Gasteiger partial charge on any atom is 0.264 e. The molecule has 0 radical (unpaired) electrons. The van der Waals surface area contributed by atoms with Crippen molar-refractivity contribution in [3.8, 4) is 17.5 Å². The average Bonchev–Trinajstić information content (AvgIpc) is 3.53. The third-order valence-corrected chi connectivity index (χ3v) is 6.68. The van der Waals surface area contributed by atoms with Crippen LogP contribution in [-0.4, -0.2) is 34.9 Å². The topological polar surface area (TPSA) is 125 Å². The third-order valence-electron chi connectivity index (χ3n) is 6.68. The maximum absolute atomic E-state index is 14.2.